The van der Waals surface area contributed by atoms with Gasteiger partial charge in [-0.2, -0.15) is 0 Å². The van der Waals surface area contributed by atoms with Crippen molar-refractivity contribution in [3.05, 3.63) is 46.2 Å². The number of hydrogen-bond acceptors (Lipinski definition) is 4. The van der Waals surface area contributed by atoms with Crippen LogP contribution in [0.25, 0.3) is 0 Å². The van der Waals surface area contributed by atoms with Crippen LogP contribution in [0.4, 0.5) is 0 Å². The number of carbonyl (C=O) groups excluding carboxylic acids is 1. The van der Waals surface area contributed by atoms with Crippen LogP contribution in [0.5, 0.6) is 0 Å². The molecule has 0 spiro atoms. The molecule has 2 heterocycles. The lowest BCUT2D eigenvalue weighted by Gasteiger charge is -2.06. The van der Waals surface area contributed by atoms with Gasteiger partial charge in [0.15, 0.2) is 10.9 Å². The number of nitrogens with zero attached hydrogens (tertiary/aromatic N) is 3. The molecule has 0 fully saturated rings. The molecular formula is C17H24N4O2S. The van der Waals surface area contributed by atoms with E-state index in [4.69, 9.17) is 0 Å². The Morgan fingerprint density at radius 1 is 1.42 bits per heavy atom. The van der Waals surface area contributed by atoms with Crippen molar-refractivity contribution in [3.8, 4) is 0 Å². The van der Waals surface area contributed by atoms with Gasteiger partial charge in [-0.1, -0.05) is 31.2 Å². The van der Waals surface area contributed by atoms with Crippen LogP contribution in [0.2, 0.25) is 0 Å². The minimum Gasteiger partial charge on any atom is -0.345 e. The zero-order valence-corrected chi connectivity index (χ0v) is 15.3. The first-order chi connectivity index (χ1) is 11.5. The molecule has 2 rings (SSSR count). The van der Waals surface area contributed by atoms with Gasteiger partial charge in [-0.25, -0.2) is 9.89 Å². The van der Waals surface area contributed by atoms with Gasteiger partial charge in [0.05, 0.1) is 5.75 Å². The fraction of sp³-hybridized carbons (Fsp3) is 0.471. The van der Waals surface area contributed by atoms with Crippen molar-refractivity contribution in [3.63, 3.8) is 0 Å². The summed E-state index contributed by atoms with van der Waals surface area (Å²) in [7, 11) is 0. The summed E-state index contributed by atoms with van der Waals surface area (Å²) in [5, 5.41) is 7.06. The molecule has 0 aliphatic rings. The van der Waals surface area contributed by atoms with Crippen LogP contribution in [-0.4, -0.2) is 30.9 Å². The summed E-state index contributed by atoms with van der Waals surface area (Å²) in [6.07, 6.45) is 3.72. The van der Waals surface area contributed by atoms with Gasteiger partial charge < -0.3 is 4.57 Å². The molecule has 0 aromatic carbocycles. The number of thioether (sulfide) groups is 1. The Morgan fingerprint density at radius 3 is 2.83 bits per heavy atom. The summed E-state index contributed by atoms with van der Waals surface area (Å²) in [4.78, 5) is 24.3. The van der Waals surface area contributed by atoms with Crippen molar-refractivity contribution in [1.82, 2.24) is 19.3 Å². The Balaban J connectivity index is 2.10. The maximum Gasteiger partial charge on any atom is 0.343 e. The van der Waals surface area contributed by atoms with E-state index < -0.39 is 0 Å². The summed E-state index contributed by atoms with van der Waals surface area (Å²) in [6.45, 7) is 11.1. The first-order valence-electron chi connectivity index (χ1n) is 8.08. The molecule has 0 saturated heterocycles. The summed E-state index contributed by atoms with van der Waals surface area (Å²) < 4.78 is 3.67. The standard InChI is InChI=1S/C17H24N4O2S/c1-5-7-9-21-16(23)18-19-17(21)24-11-15(22)14-10-12(3)20(8-6-2)13(14)4/h6,10H,2,5,7-9,11H2,1,3-4H3,(H,18,23). The number of rotatable bonds is 9. The van der Waals surface area contributed by atoms with Crippen molar-refractivity contribution < 1.29 is 4.79 Å². The van der Waals surface area contributed by atoms with E-state index in [9.17, 15) is 9.59 Å². The second-order valence-electron chi connectivity index (χ2n) is 5.71. The van der Waals surface area contributed by atoms with Crippen molar-refractivity contribution in [1.29, 1.82) is 0 Å². The molecule has 0 atom stereocenters. The highest BCUT2D eigenvalue weighted by Gasteiger charge is 2.17. The first-order valence-corrected chi connectivity index (χ1v) is 9.07. The van der Waals surface area contributed by atoms with Gasteiger partial charge >= 0.3 is 5.69 Å². The van der Waals surface area contributed by atoms with E-state index in [1.54, 1.807) is 4.57 Å². The van der Waals surface area contributed by atoms with Gasteiger partial charge in [0.25, 0.3) is 0 Å². The molecule has 1 N–H and O–H groups in total. The minimum atomic E-state index is -0.220. The highest BCUT2D eigenvalue weighted by atomic mass is 32.2. The van der Waals surface area contributed by atoms with E-state index in [-0.39, 0.29) is 17.2 Å². The number of H-pyrrole nitrogens is 1. The third kappa shape index (κ3) is 3.90. The lowest BCUT2D eigenvalue weighted by Crippen LogP contribution is -2.18. The molecule has 2 aromatic heterocycles. The van der Waals surface area contributed by atoms with E-state index in [1.807, 2.05) is 26.0 Å². The summed E-state index contributed by atoms with van der Waals surface area (Å²) in [5.41, 5.74) is 2.49. The Bertz CT molecular complexity index is 785. The maximum absolute atomic E-state index is 12.6. The molecule has 2 aromatic rings. The van der Waals surface area contributed by atoms with Crippen molar-refractivity contribution in [2.45, 2.75) is 51.9 Å². The van der Waals surface area contributed by atoms with Gasteiger partial charge in [-0.3, -0.25) is 9.36 Å². The van der Waals surface area contributed by atoms with E-state index in [1.165, 1.54) is 11.8 Å². The van der Waals surface area contributed by atoms with E-state index in [0.29, 0.717) is 18.2 Å². The van der Waals surface area contributed by atoms with Crippen LogP contribution in [0.15, 0.2) is 28.7 Å². The molecule has 0 aliphatic carbocycles. The second kappa shape index (κ2) is 8.19. The quantitative estimate of drug-likeness (QED) is 0.430. The normalized spacial score (nSPS) is 11.0. The molecule has 0 unspecified atom stereocenters. The predicted molar refractivity (Wildman–Crippen MR) is 96.9 cm³/mol. The molecule has 7 heteroatoms. The van der Waals surface area contributed by atoms with Crippen LogP contribution < -0.4 is 5.69 Å². The zero-order chi connectivity index (χ0) is 17.7. The van der Waals surface area contributed by atoms with Gasteiger partial charge in [-0.05, 0) is 26.3 Å². The average Bonchev–Trinajstić information content (AvgIpc) is 3.05. The van der Waals surface area contributed by atoms with E-state index >= 15 is 0 Å². The molecule has 130 valence electrons. The Labute approximate surface area is 146 Å². The zero-order valence-electron chi connectivity index (χ0n) is 14.5. The number of hydrogen-bond donors (Lipinski definition) is 1. The summed E-state index contributed by atoms with van der Waals surface area (Å²) >= 11 is 1.30. The molecule has 0 amide bonds. The van der Waals surface area contributed by atoms with Crippen LogP contribution in [0.1, 0.15) is 41.5 Å². The molecule has 0 aliphatic heterocycles. The molecule has 24 heavy (non-hydrogen) atoms. The predicted octanol–water partition coefficient (Wildman–Crippen LogP) is 2.95. The fourth-order valence-electron chi connectivity index (χ4n) is 2.63. The molecule has 0 radical (unpaired) electrons. The largest absolute Gasteiger partial charge is 0.345 e. The number of aryl methyl sites for hydroxylation is 1. The van der Waals surface area contributed by atoms with Gasteiger partial charge in [0.2, 0.25) is 0 Å². The van der Waals surface area contributed by atoms with Crippen molar-refractivity contribution >= 4 is 17.5 Å². The lowest BCUT2D eigenvalue weighted by atomic mass is 10.2. The number of allylic oxidation sites excluding steroid dienone is 1. The Kier molecular flexibility index (Phi) is 6.25. The van der Waals surface area contributed by atoms with Gasteiger partial charge in [0.1, 0.15) is 0 Å². The summed E-state index contributed by atoms with van der Waals surface area (Å²) in [6, 6.07) is 1.91. The SMILES string of the molecule is C=CCn1c(C)cc(C(=O)CSc2n[nH]c(=O)n2CCCC)c1C. The lowest BCUT2D eigenvalue weighted by molar-refractivity contribution is 0.102. The topological polar surface area (TPSA) is 72.7 Å². The van der Waals surface area contributed by atoms with Crippen LogP contribution in [0.3, 0.4) is 0 Å². The molecule has 0 bridgehead atoms. The number of unbranched alkanes of at least 4 members (excludes halogenated alkanes) is 1. The molecular weight excluding hydrogens is 324 g/mol. The third-order valence-corrected chi connectivity index (χ3v) is 4.95. The molecule has 0 saturated carbocycles. The smallest absolute Gasteiger partial charge is 0.343 e. The average molecular weight is 348 g/mol. The number of aromatic nitrogens is 4. The number of aromatic amines is 1. The van der Waals surface area contributed by atoms with Crippen molar-refractivity contribution in [2.24, 2.45) is 0 Å². The number of ketones is 1. The Hall–Kier alpha value is -2.02. The number of Topliss-reactive ketones (excluding diaryl/α,β-unsaturated/α-hetero) is 1. The van der Waals surface area contributed by atoms with Crippen LogP contribution in [0, 0.1) is 13.8 Å². The van der Waals surface area contributed by atoms with Gasteiger partial charge in [-0.15, -0.1) is 11.7 Å². The van der Waals surface area contributed by atoms with Crippen LogP contribution in [-0.2, 0) is 13.1 Å². The maximum atomic E-state index is 12.6. The van der Waals surface area contributed by atoms with Crippen molar-refractivity contribution in [2.75, 3.05) is 5.75 Å². The van der Waals surface area contributed by atoms with E-state index in [2.05, 4.69) is 28.3 Å². The fourth-order valence-corrected chi connectivity index (χ4v) is 3.48. The number of nitrogens with one attached hydrogen (secondary N) is 1. The highest BCUT2D eigenvalue weighted by Crippen LogP contribution is 2.20. The monoisotopic (exact) mass is 348 g/mol. The van der Waals surface area contributed by atoms with Crippen LogP contribution >= 0.6 is 11.8 Å². The number of carbonyl (C=O) groups is 1. The first kappa shape index (κ1) is 18.3. The second-order valence-corrected chi connectivity index (χ2v) is 6.65. The van der Waals surface area contributed by atoms with E-state index in [0.717, 1.165) is 29.8 Å². The highest BCUT2D eigenvalue weighted by molar-refractivity contribution is 7.99. The molecule has 6 nitrogen and oxygen atoms in total. The third-order valence-electron chi connectivity index (χ3n) is 3.98. The summed E-state index contributed by atoms with van der Waals surface area (Å²) in [5.74, 6) is 0.301. The Morgan fingerprint density at radius 2 is 2.17 bits per heavy atom. The van der Waals surface area contributed by atoms with Gasteiger partial charge in [0, 0.05) is 30.0 Å². The minimum absolute atomic E-state index is 0.0425.